The summed E-state index contributed by atoms with van der Waals surface area (Å²) in [6.07, 6.45) is 0. The molecular formula is C12H10BrN3O4. The lowest BCUT2D eigenvalue weighted by atomic mass is 10.2. The van der Waals surface area contributed by atoms with Gasteiger partial charge in [-0.3, -0.25) is 9.89 Å². The molecule has 0 saturated heterocycles. The third kappa shape index (κ3) is 2.97. The van der Waals surface area contributed by atoms with Crippen molar-refractivity contribution in [2.75, 3.05) is 12.4 Å². The molecule has 2 rings (SSSR count). The summed E-state index contributed by atoms with van der Waals surface area (Å²) < 4.78 is 5.63. The molecule has 0 spiro atoms. The zero-order valence-electron chi connectivity index (χ0n) is 10.3. The minimum absolute atomic E-state index is 0.106. The van der Waals surface area contributed by atoms with Crippen molar-refractivity contribution >= 4 is 33.6 Å². The lowest BCUT2D eigenvalue weighted by Crippen LogP contribution is -2.13. The average Bonchev–Trinajstić information content (AvgIpc) is 2.88. The SMILES string of the molecule is COc1ccc(Br)c(C(=O)Nc2cc(C(=O)O)[nH]n2)c1. The number of ether oxygens (including phenoxy) is 1. The van der Waals surface area contributed by atoms with Crippen LogP contribution in [0.25, 0.3) is 0 Å². The maximum Gasteiger partial charge on any atom is 0.353 e. The summed E-state index contributed by atoms with van der Waals surface area (Å²) in [5.41, 5.74) is 0.245. The van der Waals surface area contributed by atoms with Crippen LogP contribution in [0, 0.1) is 0 Å². The first-order chi connectivity index (χ1) is 9.51. The molecule has 0 aliphatic carbocycles. The molecule has 2 aromatic rings. The van der Waals surface area contributed by atoms with Crippen molar-refractivity contribution in [1.29, 1.82) is 0 Å². The van der Waals surface area contributed by atoms with E-state index in [0.29, 0.717) is 15.8 Å². The van der Waals surface area contributed by atoms with Gasteiger partial charge in [0.25, 0.3) is 5.91 Å². The van der Waals surface area contributed by atoms with Gasteiger partial charge in [0.1, 0.15) is 11.4 Å². The molecule has 1 aromatic carbocycles. The first-order valence-corrected chi connectivity index (χ1v) is 6.24. The van der Waals surface area contributed by atoms with Gasteiger partial charge < -0.3 is 15.2 Å². The number of carbonyl (C=O) groups is 2. The maximum absolute atomic E-state index is 12.1. The number of benzene rings is 1. The Kier molecular flexibility index (Phi) is 4.04. The van der Waals surface area contributed by atoms with Gasteiger partial charge in [0, 0.05) is 10.5 Å². The van der Waals surface area contributed by atoms with Crippen LogP contribution < -0.4 is 10.1 Å². The second-order valence-electron chi connectivity index (χ2n) is 3.77. The molecule has 3 N–H and O–H groups in total. The van der Waals surface area contributed by atoms with Crippen LogP contribution in [0.3, 0.4) is 0 Å². The number of amides is 1. The van der Waals surface area contributed by atoms with Gasteiger partial charge in [0.05, 0.1) is 12.7 Å². The van der Waals surface area contributed by atoms with Crippen LogP contribution in [0.4, 0.5) is 5.82 Å². The fourth-order valence-electron chi connectivity index (χ4n) is 1.48. The highest BCUT2D eigenvalue weighted by Crippen LogP contribution is 2.23. The highest BCUT2D eigenvalue weighted by molar-refractivity contribution is 9.10. The molecule has 0 aliphatic rings. The van der Waals surface area contributed by atoms with E-state index < -0.39 is 11.9 Å². The zero-order valence-corrected chi connectivity index (χ0v) is 11.9. The number of aromatic nitrogens is 2. The van der Waals surface area contributed by atoms with Crippen molar-refractivity contribution in [1.82, 2.24) is 10.2 Å². The average molecular weight is 340 g/mol. The largest absolute Gasteiger partial charge is 0.497 e. The zero-order chi connectivity index (χ0) is 14.7. The molecule has 20 heavy (non-hydrogen) atoms. The van der Waals surface area contributed by atoms with Gasteiger partial charge in [-0.25, -0.2) is 4.79 Å². The van der Waals surface area contributed by atoms with Crippen LogP contribution >= 0.6 is 15.9 Å². The van der Waals surface area contributed by atoms with E-state index in [4.69, 9.17) is 9.84 Å². The maximum atomic E-state index is 12.1. The normalized spacial score (nSPS) is 10.1. The second-order valence-corrected chi connectivity index (χ2v) is 4.63. The van der Waals surface area contributed by atoms with E-state index in [1.54, 1.807) is 18.2 Å². The lowest BCUT2D eigenvalue weighted by molar-refractivity contribution is 0.0690. The van der Waals surface area contributed by atoms with Crippen LogP contribution in [0.2, 0.25) is 0 Å². The summed E-state index contributed by atoms with van der Waals surface area (Å²) >= 11 is 3.26. The number of aromatic amines is 1. The first kappa shape index (κ1) is 14.1. The number of nitrogens with zero attached hydrogens (tertiary/aromatic N) is 1. The number of aromatic carboxylic acids is 1. The molecule has 0 unspecified atom stereocenters. The summed E-state index contributed by atoms with van der Waals surface area (Å²) in [6, 6.07) is 6.18. The molecule has 1 heterocycles. The minimum Gasteiger partial charge on any atom is -0.497 e. The highest BCUT2D eigenvalue weighted by Gasteiger charge is 2.14. The summed E-state index contributed by atoms with van der Waals surface area (Å²) in [7, 11) is 1.50. The molecule has 0 saturated carbocycles. The van der Waals surface area contributed by atoms with E-state index in [1.807, 2.05) is 0 Å². The van der Waals surface area contributed by atoms with Crippen molar-refractivity contribution in [3.8, 4) is 5.75 Å². The van der Waals surface area contributed by atoms with Gasteiger partial charge in [-0.1, -0.05) is 0 Å². The van der Waals surface area contributed by atoms with Crippen molar-refractivity contribution in [2.45, 2.75) is 0 Å². The smallest absolute Gasteiger partial charge is 0.353 e. The molecule has 1 amide bonds. The van der Waals surface area contributed by atoms with Crippen molar-refractivity contribution < 1.29 is 19.4 Å². The number of nitrogens with one attached hydrogen (secondary N) is 2. The van der Waals surface area contributed by atoms with Crippen molar-refractivity contribution in [3.63, 3.8) is 0 Å². The number of carboxylic acid groups (broad SMARTS) is 1. The molecule has 0 bridgehead atoms. The quantitative estimate of drug-likeness (QED) is 0.791. The van der Waals surface area contributed by atoms with Crippen LogP contribution in [0.15, 0.2) is 28.7 Å². The predicted octanol–water partition coefficient (Wildman–Crippen LogP) is 2.13. The van der Waals surface area contributed by atoms with E-state index in [2.05, 4.69) is 31.4 Å². The Bertz CT molecular complexity index is 668. The Hall–Kier alpha value is -2.35. The Labute approximate surface area is 122 Å². The summed E-state index contributed by atoms with van der Waals surface area (Å²) in [4.78, 5) is 22.8. The lowest BCUT2D eigenvalue weighted by Gasteiger charge is -2.06. The number of carbonyl (C=O) groups excluding carboxylic acids is 1. The van der Waals surface area contributed by atoms with Gasteiger partial charge in [-0.15, -0.1) is 0 Å². The highest BCUT2D eigenvalue weighted by atomic mass is 79.9. The first-order valence-electron chi connectivity index (χ1n) is 5.45. The molecular weight excluding hydrogens is 330 g/mol. The number of H-pyrrole nitrogens is 1. The van der Waals surface area contributed by atoms with Crippen LogP contribution in [0.5, 0.6) is 5.75 Å². The Balaban J connectivity index is 2.21. The second kappa shape index (κ2) is 5.74. The molecule has 104 valence electrons. The summed E-state index contributed by atoms with van der Waals surface area (Å²) in [5, 5.41) is 17.2. The Morgan fingerprint density at radius 2 is 2.15 bits per heavy atom. The van der Waals surface area contributed by atoms with Gasteiger partial charge in [0.15, 0.2) is 5.82 Å². The number of rotatable bonds is 4. The predicted molar refractivity (Wildman–Crippen MR) is 74.2 cm³/mol. The van der Waals surface area contributed by atoms with Crippen LogP contribution in [-0.4, -0.2) is 34.3 Å². The topological polar surface area (TPSA) is 104 Å². The summed E-state index contributed by atoms with van der Waals surface area (Å²) in [5.74, 6) is -0.923. The standard InChI is InChI=1S/C12H10BrN3O4/c1-20-6-2-3-8(13)7(4-6)11(17)14-10-5-9(12(18)19)15-16-10/h2-5H,1H3,(H,18,19)(H2,14,15,16,17). The third-order valence-electron chi connectivity index (χ3n) is 2.47. The fourth-order valence-corrected chi connectivity index (χ4v) is 1.91. The third-order valence-corrected chi connectivity index (χ3v) is 3.16. The minimum atomic E-state index is -1.15. The number of hydrogen-bond donors (Lipinski definition) is 3. The summed E-state index contributed by atoms with van der Waals surface area (Å²) in [6.45, 7) is 0. The molecule has 8 heteroatoms. The van der Waals surface area contributed by atoms with E-state index in [0.717, 1.165) is 0 Å². The molecule has 7 nitrogen and oxygen atoms in total. The van der Waals surface area contributed by atoms with Gasteiger partial charge in [-0.05, 0) is 34.1 Å². The van der Waals surface area contributed by atoms with Crippen LogP contribution in [0.1, 0.15) is 20.8 Å². The molecule has 0 fully saturated rings. The van der Waals surface area contributed by atoms with Crippen molar-refractivity contribution in [2.24, 2.45) is 0 Å². The van der Waals surface area contributed by atoms with E-state index in [-0.39, 0.29) is 11.5 Å². The number of anilines is 1. The van der Waals surface area contributed by atoms with E-state index in [9.17, 15) is 9.59 Å². The molecule has 0 radical (unpaired) electrons. The van der Waals surface area contributed by atoms with Gasteiger partial charge >= 0.3 is 5.97 Å². The van der Waals surface area contributed by atoms with E-state index in [1.165, 1.54) is 13.2 Å². The Morgan fingerprint density at radius 1 is 1.40 bits per heavy atom. The number of methoxy groups -OCH3 is 1. The Morgan fingerprint density at radius 3 is 2.75 bits per heavy atom. The van der Waals surface area contributed by atoms with Crippen molar-refractivity contribution in [3.05, 3.63) is 40.0 Å². The molecule has 0 atom stereocenters. The molecule has 0 aliphatic heterocycles. The fraction of sp³-hybridized carbons (Fsp3) is 0.0833. The molecule has 1 aromatic heterocycles. The number of halogens is 1. The number of carboxylic acids is 1. The van der Waals surface area contributed by atoms with Gasteiger partial charge in [0.2, 0.25) is 0 Å². The van der Waals surface area contributed by atoms with Gasteiger partial charge in [-0.2, -0.15) is 5.10 Å². The van der Waals surface area contributed by atoms with Crippen LogP contribution in [-0.2, 0) is 0 Å². The monoisotopic (exact) mass is 339 g/mol. The number of hydrogen-bond acceptors (Lipinski definition) is 4. The van der Waals surface area contributed by atoms with E-state index >= 15 is 0 Å².